The molecular weight excluding hydrogens is 184 g/mol. The lowest BCUT2D eigenvalue weighted by atomic mass is 9.93. The summed E-state index contributed by atoms with van der Waals surface area (Å²) < 4.78 is 0. The quantitative estimate of drug-likeness (QED) is 0.743. The van der Waals surface area contributed by atoms with Crippen LogP contribution < -0.4 is 10.6 Å². The van der Waals surface area contributed by atoms with Gasteiger partial charge in [-0.05, 0) is 50.6 Å². The van der Waals surface area contributed by atoms with E-state index in [1.807, 2.05) is 0 Å². The van der Waals surface area contributed by atoms with Crippen molar-refractivity contribution in [1.82, 2.24) is 10.6 Å². The molecule has 0 radical (unpaired) electrons. The molecule has 1 aliphatic carbocycles. The Labute approximate surface area is 94.2 Å². The van der Waals surface area contributed by atoms with Gasteiger partial charge in [0.2, 0.25) is 0 Å². The minimum atomic E-state index is 0.780. The first-order valence-electron chi connectivity index (χ1n) is 6.74. The first-order valence-corrected chi connectivity index (χ1v) is 6.74. The largest absolute Gasteiger partial charge is 0.314 e. The van der Waals surface area contributed by atoms with Crippen LogP contribution in [0, 0.1) is 11.8 Å². The average Bonchev–Trinajstić information content (AvgIpc) is 2.85. The molecule has 2 fully saturated rings. The minimum absolute atomic E-state index is 0.780. The number of hydrogen-bond acceptors (Lipinski definition) is 2. The standard InChI is InChI=1S/C13H26N2/c1-10(2)9-15-13-6-3-5-11(13)12-7-4-8-14-12/h10-15H,3-9H2,1-2H3. The van der Waals surface area contributed by atoms with Crippen LogP contribution in [0.15, 0.2) is 0 Å². The molecule has 0 aromatic carbocycles. The summed E-state index contributed by atoms with van der Waals surface area (Å²) in [6, 6.07) is 1.61. The second-order valence-electron chi connectivity index (χ2n) is 5.71. The Morgan fingerprint density at radius 1 is 1.20 bits per heavy atom. The minimum Gasteiger partial charge on any atom is -0.314 e. The first-order chi connectivity index (χ1) is 7.27. The van der Waals surface area contributed by atoms with Crippen LogP contribution in [0.4, 0.5) is 0 Å². The third-order valence-electron chi connectivity index (χ3n) is 3.97. The number of nitrogens with one attached hydrogen (secondary N) is 2. The zero-order valence-corrected chi connectivity index (χ0v) is 10.3. The monoisotopic (exact) mass is 210 g/mol. The van der Waals surface area contributed by atoms with Gasteiger partial charge in [0, 0.05) is 12.1 Å². The highest BCUT2D eigenvalue weighted by Gasteiger charge is 2.34. The molecule has 0 spiro atoms. The van der Waals surface area contributed by atoms with Crippen LogP contribution in [0.2, 0.25) is 0 Å². The molecule has 1 aliphatic heterocycles. The summed E-state index contributed by atoms with van der Waals surface area (Å²) in [7, 11) is 0. The van der Waals surface area contributed by atoms with Crippen LogP contribution in [0.25, 0.3) is 0 Å². The van der Waals surface area contributed by atoms with Gasteiger partial charge in [0.1, 0.15) is 0 Å². The number of hydrogen-bond donors (Lipinski definition) is 2. The van der Waals surface area contributed by atoms with Crippen LogP contribution in [0.5, 0.6) is 0 Å². The molecule has 2 rings (SSSR count). The summed E-state index contributed by atoms with van der Waals surface area (Å²) in [5, 5.41) is 7.44. The van der Waals surface area contributed by atoms with Crippen LogP contribution in [0.1, 0.15) is 46.0 Å². The molecule has 2 N–H and O–H groups in total. The van der Waals surface area contributed by atoms with Crippen molar-refractivity contribution in [2.24, 2.45) is 11.8 Å². The predicted octanol–water partition coefficient (Wildman–Crippen LogP) is 2.15. The molecule has 1 heterocycles. The van der Waals surface area contributed by atoms with Gasteiger partial charge >= 0.3 is 0 Å². The van der Waals surface area contributed by atoms with E-state index in [1.54, 1.807) is 0 Å². The van der Waals surface area contributed by atoms with E-state index < -0.39 is 0 Å². The van der Waals surface area contributed by atoms with E-state index in [0.29, 0.717) is 0 Å². The Hall–Kier alpha value is -0.0800. The average molecular weight is 210 g/mol. The maximum absolute atomic E-state index is 3.77. The van der Waals surface area contributed by atoms with Gasteiger partial charge in [-0.3, -0.25) is 0 Å². The Morgan fingerprint density at radius 2 is 2.07 bits per heavy atom. The van der Waals surface area contributed by atoms with Gasteiger partial charge in [-0.15, -0.1) is 0 Å². The van der Waals surface area contributed by atoms with E-state index in [9.17, 15) is 0 Å². The smallest absolute Gasteiger partial charge is 0.0111 e. The van der Waals surface area contributed by atoms with E-state index in [4.69, 9.17) is 0 Å². The normalized spacial score (nSPS) is 36.6. The highest BCUT2D eigenvalue weighted by atomic mass is 15.0. The molecule has 88 valence electrons. The van der Waals surface area contributed by atoms with Crippen molar-refractivity contribution in [3.05, 3.63) is 0 Å². The topological polar surface area (TPSA) is 24.1 Å². The van der Waals surface area contributed by atoms with Crippen molar-refractivity contribution < 1.29 is 0 Å². The lowest BCUT2D eigenvalue weighted by Gasteiger charge is -2.27. The predicted molar refractivity (Wildman–Crippen MR) is 65.0 cm³/mol. The molecule has 1 saturated carbocycles. The lowest BCUT2D eigenvalue weighted by molar-refractivity contribution is 0.312. The second-order valence-corrected chi connectivity index (χ2v) is 5.71. The van der Waals surface area contributed by atoms with Crippen molar-refractivity contribution in [3.8, 4) is 0 Å². The molecule has 2 nitrogen and oxygen atoms in total. The first kappa shape index (κ1) is 11.4. The zero-order valence-electron chi connectivity index (χ0n) is 10.3. The molecule has 0 aromatic rings. The van der Waals surface area contributed by atoms with E-state index in [0.717, 1.165) is 23.9 Å². The zero-order chi connectivity index (χ0) is 10.7. The molecule has 3 unspecified atom stereocenters. The summed E-state index contributed by atoms with van der Waals surface area (Å²) in [4.78, 5) is 0. The summed E-state index contributed by atoms with van der Waals surface area (Å²) in [5.74, 6) is 1.69. The van der Waals surface area contributed by atoms with Gasteiger partial charge in [0.25, 0.3) is 0 Å². The Kier molecular flexibility index (Phi) is 4.04. The molecule has 0 bridgehead atoms. The van der Waals surface area contributed by atoms with Gasteiger partial charge in [-0.2, -0.15) is 0 Å². The molecule has 2 heteroatoms. The van der Waals surface area contributed by atoms with E-state index in [-0.39, 0.29) is 0 Å². The van der Waals surface area contributed by atoms with Gasteiger partial charge in [-0.25, -0.2) is 0 Å². The second kappa shape index (κ2) is 5.31. The molecule has 2 aliphatic rings. The van der Waals surface area contributed by atoms with Crippen LogP contribution in [0.3, 0.4) is 0 Å². The molecule has 0 aromatic heterocycles. The Morgan fingerprint density at radius 3 is 2.73 bits per heavy atom. The van der Waals surface area contributed by atoms with Crippen molar-refractivity contribution in [2.45, 2.75) is 58.0 Å². The Bertz CT molecular complexity index is 185. The van der Waals surface area contributed by atoms with Crippen molar-refractivity contribution >= 4 is 0 Å². The molecule has 0 amide bonds. The molecule has 3 atom stereocenters. The van der Waals surface area contributed by atoms with Gasteiger partial charge in [0.05, 0.1) is 0 Å². The summed E-state index contributed by atoms with van der Waals surface area (Å²) in [5.41, 5.74) is 0. The van der Waals surface area contributed by atoms with E-state index >= 15 is 0 Å². The van der Waals surface area contributed by atoms with Crippen LogP contribution in [-0.2, 0) is 0 Å². The van der Waals surface area contributed by atoms with Crippen LogP contribution >= 0.6 is 0 Å². The summed E-state index contributed by atoms with van der Waals surface area (Å²) in [6.07, 6.45) is 7.06. The lowest BCUT2D eigenvalue weighted by Crippen LogP contribution is -2.43. The van der Waals surface area contributed by atoms with Crippen molar-refractivity contribution in [1.29, 1.82) is 0 Å². The van der Waals surface area contributed by atoms with Crippen molar-refractivity contribution in [3.63, 3.8) is 0 Å². The fraction of sp³-hybridized carbons (Fsp3) is 1.00. The molecular formula is C13H26N2. The van der Waals surface area contributed by atoms with Gasteiger partial charge in [-0.1, -0.05) is 20.3 Å². The maximum atomic E-state index is 3.77. The summed E-state index contributed by atoms with van der Waals surface area (Å²) >= 11 is 0. The fourth-order valence-electron chi connectivity index (χ4n) is 3.19. The summed E-state index contributed by atoms with van der Waals surface area (Å²) in [6.45, 7) is 7.03. The third kappa shape index (κ3) is 2.94. The van der Waals surface area contributed by atoms with E-state index in [1.165, 1.54) is 45.2 Å². The van der Waals surface area contributed by atoms with Crippen molar-refractivity contribution in [2.75, 3.05) is 13.1 Å². The highest BCUT2D eigenvalue weighted by molar-refractivity contribution is 4.93. The van der Waals surface area contributed by atoms with E-state index in [2.05, 4.69) is 24.5 Å². The highest BCUT2D eigenvalue weighted by Crippen LogP contribution is 2.31. The Balaban J connectivity index is 1.81. The SMILES string of the molecule is CC(C)CNC1CCCC1C1CCCN1. The molecule has 15 heavy (non-hydrogen) atoms. The number of rotatable bonds is 4. The van der Waals surface area contributed by atoms with Gasteiger partial charge in [0.15, 0.2) is 0 Å². The van der Waals surface area contributed by atoms with Gasteiger partial charge < -0.3 is 10.6 Å². The maximum Gasteiger partial charge on any atom is 0.0111 e. The third-order valence-corrected chi connectivity index (χ3v) is 3.97. The fourth-order valence-corrected chi connectivity index (χ4v) is 3.19. The van der Waals surface area contributed by atoms with Crippen LogP contribution in [-0.4, -0.2) is 25.2 Å². The molecule has 1 saturated heterocycles.